The lowest BCUT2D eigenvalue weighted by Crippen LogP contribution is -2.32. The zero-order valence-electron chi connectivity index (χ0n) is 14.7. The smallest absolute Gasteiger partial charge is 0.287 e. The van der Waals surface area contributed by atoms with Crippen LogP contribution in [-0.4, -0.2) is 59.8 Å². The molecule has 0 radical (unpaired) electrons. The maximum Gasteiger partial charge on any atom is 0.287 e. The van der Waals surface area contributed by atoms with E-state index in [9.17, 15) is 9.59 Å². The van der Waals surface area contributed by atoms with Crippen LogP contribution in [0.25, 0.3) is 5.52 Å². The number of aromatic nitrogens is 2. The van der Waals surface area contributed by atoms with Crippen molar-refractivity contribution in [3.8, 4) is 0 Å². The first-order valence-electron chi connectivity index (χ1n) is 8.08. The maximum atomic E-state index is 12.4. The number of imidazole rings is 1. The molecule has 0 unspecified atom stereocenters. The molecule has 2 rings (SSSR count). The molecule has 2 amide bonds. The van der Waals surface area contributed by atoms with Crippen molar-refractivity contribution >= 4 is 17.3 Å². The monoisotopic (exact) mass is 331 g/mol. The van der Waals surface area contributed by atoms with E-state index in [4.69, 9.17) is 0 Å². The fourth-order valence-electron chi connectivity index (χ4n) is 2.22. The number of rotatable bonds is 7. The molecular formula is C17H25N5O2. The molecule has 130 valence electrons. The largest absolute Gasteiger partial charge is 0.350 e. The van der Waals surface area contributed by atoms with Gasteiger partial charge in [-0.15, -0.1) is 0 Å². The fourth-order valence-corrected chi connectivity index (χ4v) is 2.22. The highest BCUT2D eigenvalue weighted by atomic mass is 16.2. The first kappa shape index (κ1) is 17.9. The van der Waals surface area contributed by atoms with Gasteiger partial charge in [-0.25, -0.2) is 4.98 Å². The molecule has 0 saturated carbocycles. The Morgan fingerprint density at radius 2 is 1.96 bits per heavy atom. The summed E-state index contributed by atoms with van der Waals surface area (Å²) in [5.74, 6) is 0.0105. The van der Waals surface area contributed by atoms with Gasteiger partial charge < -0.3 is 15.5 Å². The average molecular weight is 331 g/mol. The second kappa shape index (κ2) is 7.92. The zero-order valence-corrected chi connectivity index (χ0v) is 14.7. The molecule has 0 aliphatic heterocycles. The summed E-state index contributed by atoms with van der Waals surface area (Å²) in [6.45, 7) is 5.86. The van der Waals surface area contributed by atoms with Crippen molar-refractivity contribution in [2.24, 2.45) is 5.92 Å². The van der Waals surface area contributed by atoms with E-state index < -0.39 is 0 Å². The van der Waals surface area contributed by atoms with Crippen LogP contribution in [0.3, 0.4) is 0 Å². The summed E-state index contributed by atoms with van der Waals surface area (Å²) in [6.07, 6.45) is 1.74. The molecule has 0 saturated heterocycles. The minimum atomic E-state index is -0.291. The van der Waals surface area contributed by atoms with Crippen LogP contribution < -0.4 is 10.6 Å². The summed E-state index contributed by atoms with van der Waals surface area (Å²) in [5, 5.41) is 5.68. The highest BCUT2D eigenvalue weighted by Crippen LogP contribution is 2.13. The van der Waals surface area contributed by atoms with Gasteiger partial charge in [-0.1, -0.05) is 19.9 Å². The van der Waals surface area contributed by atoms with Gasteiger partial charge in [0.2, 0.25) is 5.82 Å². The fraction of sp³-hybridized carbons (Fsp3) is 0.471. The number of hydrogen-bond acceptors (Lipinski definition) is 4. The van der Waals surface area contributed by atoms with E-state index in [0.29, 0.717) is 24.5 Å². The molecule has 2 N–H and O–H groups in total. The van der Waals surface area contributed by atoms with Gasteiger partial charge in [0, 0.05) is 25.8 Å². The molecule has 0 aliphatic carbocycles. The predicted octanol–water partition coefficient (Wildman–Crippen LogP) is 1.01. The van der Waals surface area contributed by atoms with Crippen LogP contribution in [0.1, 0.15) is 35.0 Å². The van der Waals surface area contributed by atoms with Gasteiger partial charge in [0.05, 0.1) is 5.52 Å². The molecule has 24 heavy (non-hydrogen) atoms. The lowest BCUT2D eigenvalue weighted by Gasteiger charge is -2.09. The van der Waals surface area contributed by atoms with Crippen molar-refractivity contribution in [1.82, 2.24) is 24.9 Å². The number of nitrogens with one attached hydrogen (secondary N) is 2. The third-order valence-electron chi connectivity index (χ3n) is 3.48. The van der Waals surface area contributed by atoms with Gasteiger partial charge >= 0.3 is 0 Å². The Balaban J connectivity index is 2.25. The Kier molecular flexibility index (Phi) is 5.92. The number of hydrogen-bond donors (Lipinski definition) is 2. The van der Waals surface area contributed by atoms with Gasteiger partial charge in [-0.3, -0.25) is 14.0 Å². The SMILES string of the molecule is CC(C)CNC(=O)c1nc(C(=O)NCCN(C)C)n2ccccc12. The first-order valence-corrected chi connectivity index (χ1v) is 8.08. The third kappa shape index (κ3) is 4.32. The summed E-state index contributed by atoms with van der Waals surface area (Å²) in [4.78, 5) is 31.0. The molecule has 0 fully saturated rings. The quantitative estimate of drug-likeness (QED) is 0.794. The van der Waals surface area contributed by atoms with Gasteiger partial charge in [0.15, 0.2) is 5.69 Å². The minimum Gasteiger partial charge on any atom is -0.350 e. The summed E-state index contributed by atoms with van der Waals surface area (Å²) in [6, 6.07) is 5.42. The van der Waals surface area contributed by atoms with E-state index in [0.717, 1.165) is 6.54 Å². The predicted molar refractivity (Wildman–Crippen MR) is 93.3 cm³/mol. The normalized spacial score (nSPS) is 11.2. The highest BCUT2D eigenvalue weighted by Gasteiger charge is 2.21. The summed E-state index contributed by atoms with van der Waals surface area (Å²) >= 11 is 0. The van der Waals surface area contributed by atoms with E-state index in [1.165, 1.54) is 0 Å². The van der Waals surface area contributed by atoms with Gasteiger partial charge in [0.25, 0.3) is 11.8 Å². The molecule has 7 nitrogen and oxygen atoms in total. The molecule has 2 aromatic rings. The molecule has 0 spiro atoms. The molecule has 2 heterocycles. The first-order chi connectivity index (χ1) is 11.4. The summed E-state index contributed by atoms with van der Waals surface area (Å²) in [5.41, 5.74) is 0.894. The van der Waals surface area contributed by atoms with Gasteiger partial charge in [0.1, 0.15) is 0 Å². The third-order valence-corrected chi connectivity index (χ3v) is 3.48. The van der Waals surface area contributed by atoms with E-state index in [2.05, 4.69) is 15.6 Å². The Bertz CT molecular complexity index is 721. The molecule has 0 aromatic carbocycles. The molecule has 0 aliphatic rings. The highest BCUT2D eigenvalue weighted by molar-refractivity contribution is 6.02. The Morgan fingerprint density at radius 3 is 2.62 bits per heavy atom. The molecule has 0 bridgehead atoms. The molecule has 0 atom stereocenters. The molecule has 2 aromatic heterocycles. The summed E-state index contributed by atoms with van der Waals surface area (Å²) in [7, 11) is 3.88. The van der Waals surface area contributed by atoms with Crippen LogP contribution in [0.15, 0.2) is 24.4 Å². The van der Waals surface area contributed by atoms with Crippen molar-refractivity contribution < 1.29 is 9.59 Å². The Hall–Kier alpha value is -2.41. The number of likely N-dealkylation sites (N-methyl/N-ethyl adjacent to an activating group) is 1. The summed E-state index contributed by atoms with van der Waals surface area (Å²) < 4.78 is 1.65. The van der Waals surface area contributed by atoms with E-state index in [-0.39, 0.29) is 23.3 Å². The Morgan fingerprint density at radius 1 is 1.21 bits per heavy atom. The van der Waals surface area contributed by atoms with E-state index in [1.54, 1.807) is 22.7 Å². The number of carbonyl (C=O) groups is 2. The maximum absolute atomic E-state index is 12.4. The average Bonchev–Trinajstić information content (AvgIpc) is 2.92. The van der Waals surface area contributed by atoms with E-state index in [1.807, 2.05) is 38.9 Å². The zero-order chi connectivity index (χ0) is 17.7. The Labute approximate surface area is 142 Å². The number of amides is 2. The lowest BCUT2D eigenvalue weighted by atomic mass is 10.2. The van der Waals surface area contributed by atoms with Crippen LogP contribution in [0.5, 0.6) is 0 Å². The molecular weight excluding hydrogens is 306 g/mol. The van der Waals surface area contributed by atoms with Crippen molar-refractivity contribution in [2.45, 2.75) is 13.8 Å². The van der Waals surface area contributed by atoms with E-state index >= 15 is 0 Å². The van der Waals surface area contributed by atoms with Crippen molar-refractivity contribution in [2.75, 3.05) is 33.7 Å². The van der Waals surface area contributed by atoms with Crippen molar-refractivity contribution in [3.05, 3.63) is 35.9 Å². The number of nitrogens with zero attached hydrogens (tertiary/aromatic N) is 3. The molecule has 7 heteroatoms. The minimum absolute atomic E-state index is 0.221. The van der Waals surface area contributed by atoms with Crippen LogP contribution >= 0.6 is 0 Å². The number of pyridine rings is 1. The van der Waals surface area contributed by atoms with Crippen molar-refractivity contribution in [1.29, 1.82) is 0 Å². The number of fused-ring (bicyclic) bond motifs is 1. The van der Waals surface area contributed by atoms with Crippen LogP contribution in [0, 0.1) is 5.92 Å². The number of carbonyl (C=O) groups excluding carboxylic acids is 2. The van der Waals surface area contributed by atoms with Crippen LogP contribution in [0.2, 0.25) is 0 Å². The van der Waals surface area contributed by atoms with Gasteiger partial charge in [-0.2, -0.15) is 0 Å². The van der Waals surface area contributed by atoms with Crippen LogP contribution in [0.4, 0.5) is 0 Å². The van der Waals surface area contributed by atoms with Crippen molar-refractivity contribution in [3.63, 3.8) is 0 Å². The van der Waals surface area contributed by atoms with Gasteiger partial charge in [-0.05, 0) is 32.1 Å². The second-order valence-corrected chi connectivity index (χ2v) is 6.40. The van der Waals surface area contributed by atoms with Crippen LogP contribution in [-0.2, 0) is 0 Å². The second-order valence-electron chi connectivity index (χ2n) is 6.40. The topological polar surface area (TPSA) is 78.7 Å². The standard InChI is InChI=1S/C17H25N5O2/c1-12(2)11-19-16(23)14-13-7-5-6-9-22(13)15(20-14)17(24)18-8-10-21(3)4/h5-7,9,12H,8,10-11H2,1-4H3,(H,18,24)(H,19,23). The lowest BCUT2D eigenvalue weighted by molar-refractivity contribution is 0.0940.